The highest BCUT2D eigenvalue weighted by atomic mass is 16.5. The van der Waals surface area contributed by atoms with Crippen LogP contribution in [0.15, 0.2) is 54.9 Å². The second-order valence-corrected chi connectivity index (χ2v) is 6.68. The van der Waals surface area contributed by atoms with Crippen LogP contribution < -0.4 is 20.1 Å². The number of rotatable bonds is 7. The molecule has 2 aromatic carbocycles. The van der Waals surface area contributed by atoms with E-state index >= 15 is 0 Å². The van der Waals surface area contributed by atoms with E-state index < -0.39 is 0 Å². The summed E-state index contributed by atoms with van der Waals surface area (Å²) in [5.74, 6) is 1.68. The summed E-state index contributed by atoms with van der Waals surface area (Å²) in [4.78, 5) is 21.1. The standard InChI is InChI=1S/C22H24N4O3/c1-14(2)17-7-5-6-8-18(17)25-21(27)15-12-23-22(24-13-15)26-19-10-9-16(28-3)11-20(19)29-4/h5-14H,1-4H3,(H,25,27)(H,23,24,26). The van der Waals surface area contributed by atoms with E-state index in [2.05, 4.69) is 34.4 Å². The third kappa shape index (κ3) is 4.82. The molecular formula is C22H24N4O3. The number of carbonyl (C=O) groups is 1. The first-order chi connectivity index (χ1) is 14.0. The number of nitrogens with one attached hydrogen (secondary N) is 2. The lowest BCUT2D eigenvalue weighted by molar-refractivity contribution is 0.102. The summed E-state index contributed by atoms with van der Waals surface area (Å²) in [7, 11) is 3.16. The SMILES string of the molecule is COc1ccc(Nc2ncc(C(=O)Nc3ccccc3C(C)C)cn2)c(OC)c1. The van der Waals surface area contributed by atoms with Crippen molar-refractivity contribution in [2.45, 2.75) is 19.8 Å². The molecule has 0 aliphatic rings. The van der Waals surface area contributed by atoms with Crippen LogP contribution in [0.1, 0.15) is 35.7 Å². The fourth-order valence-corrected chi connectivity index (χ4v) is 2.84. The third-order valence-electron chi connectivity index (χ3n) is 4.40. The van der Waals surface area contributed by atoms with Crippen LogP contribution in [-0.2, 0) is 0 Å². The number of ether oxygens (including phenoxy) is 2. The van der Waals surface area contributed by atoms with E-state index in [1.54, 1.807) is 26.4 Å². The smallest absolute Gasteiger partial charge is 0.258 e. The molecule has 2 N–H and O–H groups in total. The Bertz CT molecular complexity index is 988. The molecule has 0 saturated heterocycles. The summed E-state index contributed by atoms with van der Waals surface area (Å²) in [6.07, 6.45) is 2.97. The zero-order chi connectivity index (χ0) is 20.8. The van der Waals surface area contributed by atoms with E-state index in [0.717, 1.165) is 11.3 Å². The maximum Gasteiger partial charge on any atom is 0.258 e. The van der Waals surface area contributed by atoms with Gasteiger partial charge in [-0.3, -0.25) is 4.79 Å². The fraction of sp³-hybridized carbons (Fsp3) is 0.227. The van der Waals surface area contributed by atoms with E-state index in [1.165, 1.54) is 12.4 Å². The predicted octanol–water partition coefficient (Wildman–Crippen LogP) is 4.61. The first-order valence-electron chi connectivity index (χ1n) is 9.23. The van der Waals surface area contributed by atoms with Gasteiger partial charge >= 0.3 is 0 Å². The molecule has 0 aliphatic heterocycles. The van der Waals surface area contributed by atoms with Crippen molar-refractivity contribution in [1.82, 2.24) is 9.97 Å². The van der Waals surface area contributed by atoms with Crippen LogP contribution in [-0.4, -0.2) is 30.1 Å². The Kier molecular flexibility index (Phi) is 6.29. The van der Waals surface area contributed by atoms with Crippen LogP contribution in [0, 0.1) is 0 Å². The molecule has 0 bridgehead atoms. The molecule has 7 heteroatoms. The Morgan fingerprint density at radius 3 is 2.34 bits per heavy atom. The second-order valence-electron chi connectivity index (χ2n) is 6.68. The molecule has 0 saturated carbocycles. The van der Waals surface area contributed by atoms with Crippen LogP contribution in [0.25, 0.3) is 0 Å². The fourth-order valence-electron chi connectivity index (χ4n) is 2.84. The van der Waals surface area contributed by atoms with Crippen LogP contribution in [0.2, 0.25) is 0 Å². The Hall–Kier alpha value is -3.61. The molecule has 3 rings (SSSR count). The molecular weight excluding hydrogens is 368 g/mol. The lowest BCUT2D eigenvalue weighted by Gasteiger charge is -2.14. The van der Waals surface area contributed by atoms with Crippen molar-refractivity contribution in [1.29, 1.82) is 0 Å². The van der Waals surface area contributed by atoms with E-state index in [1.807, 2.05) is 30.3 Å². The van der Waals surface area contributed by atoms with Crippen molar-refractivity contribution in [3.8, 4) is 11.5 Å². The molecule has 150 valence electrons. The van der Waals surface area contributed by atoms with E-state index in [-0.39, 0.29) is 5.91 Å². The first kappa shape index (κ1) is 20.1. The largest absolute Gasteiger partial charge is 0.497 e. The van der Waals surface area contributed by atoms with E-state index in [4.69, 9.17) is 9.47 Å². The minimum atomic E-state index is -0.258. The maximum absolute atomic E-state index is 12.6. The number of benzene rings is 2. The summed E-state index contributed by atoms with van der Waals surface area (Å²) < 4.78 is 10.5. The summed E-state index contributed by atoms with van der Waals surface area (Å²) >= 11 is 0. The minimum Gasteiger partial charge on any atom is -0.497 e. The molecule has 1 heterocycles. The van der Waals surface area contributed by atoms with Gasteiger partial charge in [-0.2, -0.15) is 0 Å². The summed E-state index contributed by atoms with van der Waals surface area (Å²) in [6, 6.07) is 13.1. The number of nitrogens with zero attached hydrogens (tertiary/aromatic N) is 2. The van der Waals surface area contributed by atoms with Gasteiger partial charge in [0.2, 0.25) is 5.95 Å². The molecule has 0 unspecified atom stereocenters. The van der Waals surface area contributed by atoms with E-state index in [0.29, 0.717) is 34.6 Å². The van der Waals surface area contributed by atoms with Crippen molar-refractivity contribution < 1.29 is 14.3 Å². The molecule has 1 amide bonds. The topological polar surface area (TPSA) is 85.4 Å². The summed E-state index contributed by atoms with van der Waals surface area (Å²) in [5, 5.41) is 6.02. The Balaban J connectivity index is 1.73. The quantitative estimate of drug-likeness (QED) is 0.611. The number of carbonyl (C=O) groups excluding carboxylic acids is 1. The van der Waals surface area contributed by atoms with E-state index in [9.17, 15) is 4.79 Å². The number of anilines is 3. The van der Waals surface area contributed by atoms with Crippen molar-refractivity contribution in [3.05, 3.63) is 66.0 Å². The molecule has 1 aromatic heterocycles. The van der Waals surface area contributed by atoms with Crippen LogP contribution in [0.4, 0.5) is 17.3 Å². The Morgan fingerprint density at radius 1 is 0.966 bits per heavy atom. The van der Waals surface area contributed by atoms with Gasteiger partial charge in [0.25, 0.3) is 5.91 Å². The monoisotopic (exact) mass is 392 g/mol. The first-order valence-corrected chi connectivity index (χ1v) is 9.23. The number of methoxy groups -OCH3 is 2. The summed E-state index contributed by atoms with van der Waals surface area (Å²) in [6.45, 7) is 4.17. The van der Waals surface area contributed by atoms with Gasteiger partial charge in [0.05, 0.1) is 25.5 Å². The highest BCUT2D eigenvalue weighted by molar-refractivity contribution is 6.04. The molecule has 3 aromatic rings. The number of hydrogen-bond acceptors (Lipinski definition) is 6. The number of para-hydroxylation sites is 1. The Morgan fingerprint density at radius 2 is 1.69 bits per heavy atom. The van der Waals surface area contributed by atoms with Gasteiger partial charge in [-0.05, 0) is 29.7 Å². The normalized spacial score (nSPS) is 10.5. The lowest BCUT2D eigenvalue weighted by atomic mass is 10.0. The molecule has 7 nitrogen and oxygen atoms in total. The minimum absolute atomic E-state index is 0.258. The highest BCUT2D eigenvalue weighted by Gasteiger charge is 2.12. The Labute approximate surface area is 170 Å². The highest BCUT2D eigenvalue weighted by Crippen LogP contribution is 2.30. The van der Waals surface area contributed by atoms with Crippen molar-refractivity contribution >= 4 is 23.2 Å². The maximum atomic E-state index is 12.6. The average Bonchev–Trinajstić information content (AvgIpc) is 2.74. The molecule has 0 atom stereocenters. The molecule has 29 heavy (non-hydrogen) atoms. The molecule has 0 spiro atoms. The van der Waals surface area contributed by atoms with Crippen LogP contribution in [0.3, 0.4) is 0 Å². The van der Waals surface area contributed by atoms with Gasteiger partial charge in [0.15, 0.2) is 0 Å². The van der Waals surface area contributed by atoms with Crippen LogP contribution >= 0.6 is 0 Å². The van der Waals surface area contributed by atoms with Gasteiger partial charge in [-0.25, -0.2) is 9.97 Å². The van der Waals surface area contributed by atoms with Gasteiger partial charge < -0.3 is 20.1 Å². The number of aromatic nitrogens is 2. The number of hydrogen-bond donors (Lipinski definition) is 2. The third-order valence-corrected chi connectivity index (χ3v) is 4.40. The second kappa shape index (κ2) is 9.05. The predicted molar refractivity (Wildman–Crippen MR) is 113 cm³/mol. The summed E-state index contributed by atoms with van der Waals surface area (Å²) in [5.41, 5.74) is 2.93. The van der Waals surface area contributed by atoms with Gasteiger partial charge in [0, 0.05) is 24.1 Å². The average molecular weight is 392 g/mol. The lowest BCUT2D eigenvalue weighted by Crippen LogP contribution is -2.14. The molecule has 0 radical (unpaired) electrons. The molecule has 0 aliphatic carbocycles. The van der Waals surface area contributed by atoms with Crippen molar-refractivity contribution in [2.24, 2.45) is 0 Å². The van der Waals surface area contributed by atoms with Gasteiger partial charge in [-0.1, -0.05) is 32.0 Å². The number of amides is 1. The zero-order valence-electron chi connectivity index (χ0n) is 16.9. The van der Waals surface area contributed by atoms with Crippen molar-refractivity contribution in [3.63, 3.8) is 0 Å². The zero-order valence-corrected chi connectivity index (χ0v) is 16.9. The van der Waals surface area contributed by atoms with Crippen LogP contribution in [0.5, 0.6) is 11.5 Å². The van der Waals surface area contributed by atoms with Crippen molar-refractivity contribution in [2.75, 3.05) is 24.9 Å². The van der Waals surface area contributed by atoms with Gasteiger partial charge in [0.1, 0.15) is 11.5 Å². The molecule has 0 fully saturated rings. The van der Waals surface area contributed by atoms with Gasteiger partial charge in [-0.15, -0.1) is 0 Å².